The summed E-state index contributed by atoms with van der Waals surface area (Å²) in [5, 5.41) is 14.2. The van der Waals surface area contributed by atoms with Gasteiger partial charge in [-0.15, -0.1) is 0 Å². The van der Waals surface area contributed by atoms with Crippen LogP contribution in [0.5, 0.6) is 0 Å². The van der Waals surface area contributed by atoms with Crippen LogP contribution >= 0.6 is 0 Å². The maximum Gasteiger partial charge on any atom is 0.269 e. The predicted octanol–water partition coefficient (Wildman–Crippen LogP) is 4.38. The van der Waals surface area contributed by atoms with Gasteiger partial charge in [-0.2, -0.15) is 0 Å². The predicted molar refractivity (Wildman–Crippen MR) is 81.1 cm³/mol. The van der Waals surface area contributed by atoms with Crippen molar-refractivity contribution in [3.8, 4) is 0 Å². The molecule has 4 nitrogen and oxygen atoms in total. The highest BCUT2D eigenvalue weighted by Crippen LogP contribution is 2.25. The molecule has 0 amide bonds. The number of aryl methyl sites for hydroxylation is 2. The average molecular weight is 270 g/mol. The number of anilines is 1. The molecule has 0 heterocycles. The summed E-state index contributed by atoms with van der Waals surface area (Å²) in [7, 11) is 0. The first-order valence-corrected chi connectivity index (χ1v) is 6.55. The van der Waals surface area contributed by atoms with Crippen molar-refractivity contribution in [2.24, 2.45) is 0 Å². The second kappa shape index (κ2) is 5.74. The molecule has 0 spiro atoms. The van der Waals surface area contributed by atoms with Crippen LogP contribution in [0.25, 0.3) is 0 Å². The molecule has 0 saturated carbocycles. The van der Waals surface area contributed by atoms with Crippen LogP contribution in [0.3, 0.4) is 0 Å². The minimum absolute atomic E-state index is 0.00963. The van der Waals surface area contributed by atoms with Crippen LogP contribution < -0.4 is 5.32 Å². The van der Waals surface area contributed by atoms with E-state index in [0.29, 0.717) is 0 Å². The molecule has 0 bridgehead atoms. The maximum absolute atomic E-state index is 10.8. The van der Waals surface area contributed by atoms with Crippen LogP contribution in [0.1, 0.15) is 29.7 Å². The Morgan fingerprint density at radius 3 is 2.60 bits per heavy atom. The Kier molecular flexibility index (Phi) is 4.03. The number of rotatable bonds is 4. The Morgan fingerprint density at radius 1 is 1.15 bits per heavy atom. The lowest BCUT2D eigenvalue weighted by atomic mass is 10.1. The third-order valence-corrected chi connectivity index (χ3v) is 3.35. The summed E-state index contributed by atoms with van der Waals surface area (Å²) in [5.74, 6) is 0. The SMILES string of the molecule is Cc1ccc(C)c(NC(C)c2cccc([N+](=O)[O-])c2)c1. The van der Waals surface area contributed by atoms with Crippen molar-refractivity contribution in [3.63, 3.8) is 0 Å². The van der Waals surface area contributed by atoms with Crippen LogP contribution in [0.15, 0.2) is 42.5 Å². The van der Waals surface area contributed by atoms with Gasteiger partial charge >= 0.3 is 0 Å². The van der Waals surface area contributed by atoms with Crippen molar-refractivity contribution in [1.29, 1.82) is 0 Å². The highest BCUT2D eigenvalue weighted by atomic mass is 16.6. The number of nitrogens with one attached hydrogen (secondary N) is 1. The number of hydrogen-bond acceptors (Lipinski definition) is 3. The largest absolute Gasteiger partial charge is 0.378 e. The summed E-state index contributed by atoms with van der Waals surface area (Å²) in [6.07, 6.45) is 0. The van der Waals surface area contributed by atoms with Gasteiger partial charge in [-0.3, -0.25) is 10.1 Å². The van der Waals surface area contributed by atoms with E-state index < -0.39 is 0 Å². The zero-order valence-electron chi connectivity index (χ0n) is 11.9. The second-order valence-corrected chi connectivity index (χ2v) is 5.04. The molecular weight excluding hydrogens is 252 g/mol. The Hall–Kier alpha value is -2.36. The molecule has 0 aliphatic carbocycles. The minimum atomic E-state index is -0.367. The van der Waals surface area contributed by atoms with E-state index in [1.807, 2.05) is 26.8 Å². The van der Waals surface area contributed by atoms with Crippen molar-refractivity contribution in [3.05, 3.63) is 69.3 Å². The summed E-state index contributed by atoms with van der Waals surface area (Å²) in [4.78, 5) is 10.5. The third-order valence-electron chi connectivity index (χ3n) is 3.35. The monoisotopic (exact) mass is 270 g/mol. The molecule has 2 aromatic rings. The maximum atomic E-state index is 10.8. The second-order valence-electron chi connectivity index (χ2n) is 5.04. The molecule has 0 aromatic heterocycles. The molecule has 20 heavy (non-hydrogen) atoms. The summed E-state index contributed by atoms with van der Waals surface area (Å²) in [5.41, 5.74) is 4.43. The van der Waals surface area contributed by atoms with E-state index in [0.717, 1.165) is 16.8 Å². The van der Waals surface area contributed by atoms with Gasteiger partial charge in [-0.05, 0) is 43.5 Å². The summed E-state index contributed by atoms with van der Waals surface area (Å²) >= 11 is 0. The Balaban J connectivity index is 2.23. The van der Waals surface area contributed by atoms with E-state index >= 15 is 0 Å². The van der Waals surface area contributed by atoms with Crippen LogP contribution in [0, 0.1) is 24.0 Å². The molecule has 4 heteroatoms. The molecule has 1 N–H and O–H groups in total. The number of nitro groups is 1. The normalized spacial score (nSPS) is 11.9. The fourth-order valence-electron chi connectivity index (χ4n) is 2.12. The van der Waals surface area contributed by atoms with Crippen molar-refractivity contribution < 1.29 is 4.92 Å². The number of nitrogens with zero attached hydrogens (tertiary/aromatic N) is 1. The van der Waals surface area contributed by atoms with Gasteiger partial charge in [0.2, 0.25) is 0 Å². The minimum Gasteiger partial charge on any atom is -0.378 e. The van der Waals surface area contributed by atoms with Gasteiger partial charge in [0.05, 0.1) is 4.92 Å². The molecule has 1 atom stereocenters. The van der Waals surface area contributed by atoms with E-state index in [1.54, 1.807) is 12.1 Å². The first-order valence-electron chi connectivity index (χ1n) is 6.55. The smallest absolute Gasteiger partial charge is 0.269 e. The third kappa shape index (κ3) is 3.15. The Labute approximate surface area is 118 Å². The molecular formula is C16H18N2O2. The van der Waals surface area contributed by atoms with E-state index in [4.69, 9.17) is 0 Å². The van der Waals surface area contributed by atoms with Crippen molar-refractivity contribution >= 4 is 11.4 Å². The van der Waals surface area contributed by atoms with Crippen LogP contribution in [-0.4, -0.2) is 4.92 Å². The van der Waals surface area contributed by atoms with E-state index in [-0.39, 0.29) is 16.7 Å². The lowest BCUT2D eigenvalue weighted by Gasteiger charge is -2.18. The summed E-state index contributed by atoms with van der Waals surface area (Å²) in [6, 6.07) is 13.0. The lowest BCUT2D eigenvalue weighted by molar-refractivity contribution is -0.384. The number of hydrogen-bond donors (Lipinski definition) is 1. The van der Waals surface area contributed by atoms with E-state index in [1.165, 1.54) is 11.6 Å². The van der Waals surface area contributed by atoms with Crippen LogP contribution in [-0.2, 0) is 0 Å². The number of benzene rings is 2. The zero-order chi connectivity index (χ0) is 14.7. The first kappa shape index (κ1) is 14.1. The molecule has 2 rings (SSSR count). The number of nitro benzene ring substituents is 1. The molecule has 2 aromatic carbocycles. The fraction of sp³-hybridized carbons (Fsp3) is 0.250. The van der Waals surface area contributed by atoms with Gasteiger partial charge in [0.25, 0.3) is 5.69 Å². The Morgan fingerprint density at radius 2 is 1.90 bits per heavy atom. The van der Waals surface area contributed by atoms with E-state index in [9.17, 15) is 10.1 Å². The van der Waals surface area contributed by atoms with Crippen LogP contribution in [0.2, 0.25) is 0 Å². The van der Waals surface area contributed by atoms with Gasteiger partial charge in [-0.1, -0.05) is 24.3 Å². The molecule has 0 aliphatic rings. The fourth-order valence-corrected chi connectivity index (χ4v) is 2.12. The van der Waals surface area contributed by atoms with Crippen molar-refractivity contribution in [2.45, 2.75) is 26.8 Å². The van der Waals surface area contributed by atoms with Gasteiger partial charge in [-0.25, -0.2) is 0 Å². The molecule has 0 aliphatic heterocycles. The van der Waals surface area contributed by atoms with Gasteiger partial charge in [0.15, 0.2) is 0 Å². The summed E-state index contributed by atoms with van der Waals surface area (Å²) < 4.78 is 0. The van der Waals surface area contributed by atoms with E-state index in [2.05, 4.69) is 23.5 Å². The van der Waals surface area contributed by atoms with Gasteiger partial charge in [0, 0.05) is 23.9 Å². The quantitative estimate of drug-likeness (QED) is 0.662. The van der Waals surface area contributed by atoms with Crippen molar-refractivity contribution in [2.75, 3.05) is 5.32 Å². The van der Waals surface area contributed by atoms with Gasteiger partial charge < -0.3 is 5.32 Å². The van der Waals surface area contributed by atoms with Gasteiger partial charge in [0.1, 0.15) is 0 Å². The molecule has 0 radical (unpaired) electrons. The first-order chi connectivity index (χ1) is 9.47. The highest BCUT2D eigenvalue weighted by molar-refractivity contribution is 5.54. The van der Waals surface area contributed by atoms with Crippen molar-refractivity contribution in [1.82, 2.24) is 0 Å². The number of non-ortho nitro benzene ring substituents is 1. The van der Waals surface area contributed by atoms with Crippen LogP contribution in [0.4, 0.5) is 11.4 Å². The molecule has 0 fully saturated rings. The molecule has 0 saturated heterocycles. The Bertz CT molecular complexity index is 638. The summed E-state index contributed by atoms with van der Waals surface area (Å²) in [6.45, 7) is 6.09. The standard InChI is InChI=1S/C16H18N2O2/c1-11-7-8-12(2)16(9-11)17-13(3)14-5-4-6-15(10-14)18(19)20/h4-10,13,17H,1-3H3. The molecule has 1 unspecified atom stereocenters. The topological polar surface area (TPSA) is 55.2 Å². The lowest BCUT2D eigenvalue weighted by Crippen LogP contribution is -2.08. The average Bonchev–Trinajstić information content (AvgIpc) is 2.43. The highest BCUT2D eigenvalue weighted by Gasteiger charge is 2.11. The molecule has 104 valence electrons. The zero-order valence-corrected chi connectivity index (χ0v) is 11.9.